The van der Waals surface area contributed by atoms with E-state index in [1.165, 1.54) is 11.3 Å². The van der Waals surface area contributed by atoms with Crippen LogP contribution < -0.4 is 14.9 Å². The molecule has 3 aromatic rings. The van der Waals surface area contributed by atoms with Gasteiger partial charge in [-0.25, -0.2) is 9.79 Å². The van der Waals surface area contributed by atoms with Gasteiger partial charge in [0.1, 0.15) is 0 Å². The minimum Gasteiger partial charge on any atom is -0.463 e. The fraction of sp³-hybridized carbons (Fsp3) is 0.240. The van der Waals surface area contributed by atoms with Crippen LogP contribution in [0.3, 0.4) is 0 Å². The molecule has 0 radical (unpaired) electrons. The zero-order valence-electron chi connectivity index (χ0n) is 18.4. The van der Waals surface area contributed by atoms with Crippen molar-refractivity contribution in [3.05, 3.63) is 96.2 Å². The maximum absolute atomic E-state index is 13.5. The molecule has 2 heterocycles. The molecule has 2 aromatic carbocycles. The van der Waals surface area contributed by atoms with Gasteiger partial charge in [0.25, 0.3) is 5.56 Å². The molecular formula is C25H24N2O3S2. The Balaban J connectivity index is 1.93. The Kier molecular flexibility index (Phi) is 6.48. The van der Waals surface area contributed by atoms with Gasteiger partial charge in [-0.05, 0) is 56.4 Å². The van der Waals surface area contributed by atoms with E-state index in [-0.39, 0.29) is 12.2 Å². The Morgan fingerprint density at radius 3 is 2.47 bits per heavy atom. The highest BCUT2D eigenvalue weighted by Crippen LogP contribution is 2.31. The van der Waals surface area contributed by atoms with Crippen LogP contribution in [0.25, 0.3) is 6.08 Å². The lowest BCUT2D eigenvalue weighted by atomic mass is 9.96. The second-order valence-corrected chi connectivity index (χ2v) is 9.37. The van der Waals surface area contributed by atoms with Gasteiger partial charge in [0.15, 0.2) is 4.80 Å². The predicted molar refractivity (Wildman–Crippen MR) is 130 cm³/mol. The number of hydrogen-bond acceptors (Lipinski definition) is 6. The highest BCUT2D eigenvalue weighted by molar-refractivity contribution is 7.98. The summed E-state index contributed by atoms with van der Waals surface area (Å²) in [6.45, 7) is 5.85. The summed E-state index contributed by atoms with van der Waals surface area (Å²) in [5.41, 5.74) is 3.77. The van der Waals surface area contributed by atoms with Crippen LogP contribution in [0.2, 0.25) is 0 Å². The van der Waals surface area contributed by atoms with E-state index in [9.17, 15) is 9.59 Å². The zero-order valence-corrected chi connectivity index (χ0v) is 20.0. The van der Waals surface area contributed by atoms with Gasteiger partial charge in [0.2, 0.25) is 0 Å². The molecule has 0 saturated carbocycles. The molecule has 1 unspecified atom stereocenters. The van der Waals surface area contributed by atoms with Crippen LogP contribution in [-0.2, 0) is 9.53 Å². The lowest BCUT2D eigenvalue weighted by Crippen LogP contribution is -2.39. The molecule has 1 aliphatic heterocycles. The van der Waals surface area contributed by atoms with E-state index in [1.54, 1.807) is 30.2 Å². The first kappa shape index (κ1) is 22.3. The SMILES string of the molecule is CCOC(=O)C1=C(C)N=c2s/c(=C/c3ccc(C)cc3)c(=O)n2C1c1ccc(SC)cc1. The van der Waals surface area contributed by atoms with Crippen LogP contribution in [0.15, 0.2) is 74.5 Å². The third-order valence-corrected chi connectivity index (χ3v) is 7.05. The molecule has 0 spiro atoms. The Labute approximate surface area is 194 Å². The fourth-order valence-corrected chi connectivity index (χ4v) is 5.16. The number of aryl methyl sites for hydroxylation is 1. The number of aromatic nitrogens is 1. The van der Waals surface area contributed by atoms with Crippen molar-refractivity contribution >= 4 is 35.1 Å². The molecule has 0 amide bonds. The highest BCUT2D eigenvalue weighted by Gasteiger charge is 2.33. The van der Waals surface area contributed by atoms with Crippen molar-refractivity contribution in [2.24, 2.45) is 4.99 Å². The average molecular weight is 465 g/mol. The summed E-state index contributed by atoms with van der Waals surface area (Å²) >= 11 is 2.98. The quantitative estimate of drug-likeness (QED) is 0.425. The average Bonchev–Trinajstić information content (AvgIpc) is 3.09. The van der Waals surface area contributed by atoms with Crippen LogP contribution in [-0.4, -0.2) is 23.4 Å². The Morgan fingerprint density at radius 2 is 1.84 bits per heavy atom. The number of fused-ring (bicyclic) bond motifs is 1. The Morgan fingerprint density at radius 1 is 1.16 bits per heavy atom. The van der Waals surface area contributed by atoms with Crippen molar-refractivity contribution in [1.82, 2.24) is 4.57 Å². The van der Waals surface area contributed by atoms with E-state index < -0.39 is 12.0 Å². The lowest BCUT2D eigenvalue weighted by Gasteiger charge is -2.24. The molecule has 7 heteroatoms. The number of allylic oxidation sites excluding steroid dienone is 1. The summed E-state index contributed by atoms with van der Waals surface area (Å²) in [7, 11) is 0. The molecule has 0 N–H and O–H groups in total. The number of rotatable bonds is 5. The molecule has 0 bridgehead atoms. The van der Waals surface area contributed by atoms with Crippen LogP contribution in [0.1, 0.15) is 36.6 Å². The van der Waals surface area contributed by atoms with Crippen molar-refractivity contribution in [3.63, 3.8) is 0 Å². The normalized spacial score (nSPS) is 16.0. The second-order valence-electron chi connectivity index (χ2n) is 7.49. The van der Waals surface area contributed by atoms with Crippen LogP contribution in [0, 0.1) is 6.92 Å². The lowest BCUT2D eigenvalue weighted by molar-refractivity contribution is -0.139. The van der Waals surface area contributed by atoms with E-state index in [0.29, 0.717) is 20.6 Å². The first-order valence-electron chi connectivity index (χ1n) is 10.3. The first-order chi connectivity index (χ1) is 15.4. The molecule has 5 nitrogen and oxygen atoms in total. The summed E-state index contributed by atoms with van der Waals surface area (Å²) in [6.07, 6.45) is 3.89. The van der Waals surface area contributed by atoms with Gasteiger partial charge in [0, 0.05) is 4.90 Å². The molecule has 1 aliphatic rings. The summed E-state index contributed by atoms with van der Waals surface area (Å²) < 4.78 is 7.54. The van der Waals surface area contributed by atoms with Gasteiger partial charge >= 0.3 is 5.97 Å². The number of hydrogen-bond donors (Lipinski definition) is 0. The van der Waals surface area contributed by atoms with Crippen LogP contribution in [0.5, 0.6) is 0 Å². The minimum absolute atomic E-state index is 0.164. The number of ether oxygens (including phenoxy) is 1. The molecule has 0 fully saturated rings. The standard InChI is InChI=1S/C25H24N2O3S2/c1-5-30-24(29)21-16(3)26-25-27(22(21)18-10-12-19(31-4)13-11-18)23(28)20(32-25)14-17-8-6-15(2)7-9-17/h6-14,22H,5H2,1-4H3/b20-14+. The third kappa shape index (κ3) is 4.23. The van der Waals surface area contributed by atoms with Crippen molar-refractivity contribution < 1.29 is 9.53 Å². The molecule has 4 rings (SSSR count). The van der Waals surface area contributed by atoms with Gasteiger partial charge < -0.3 is 4.74 Å². The Hall–Kier alpha value is -2.90. The van der Waals surface area contributed by atoms with Gasteiger partial charge in [-0.3, -0.25) is 9.36 Å². The van der Waals surface area contributed by atoms with Crippen molar-refractivity contribution in [2.75, 3.05) is 12.9 Å². The monoisotopic (exact) mass is 464 g/mol. The second kappa shape index (κ2) is 9.30. The highest BCUT2D eigenvalue weighted by atomic mass is 32.2. The molecular weight excluding hydrogens is 440 g/mol. The van der Waals surface area contributed by atoms with Crippen molar-refractivity contribution in [1.29, 1.82) is 0 Å². The van der Waals surface area contributed by atoms with E-state index >= 15 is 0 Å². The van der Waals surface area contributed by atoms with Gasteiger partial charge in [0.05, 0.1) is 28.5 Å². The largest absolute Gasteiger partial charge is 0.463 e. The van der Waals surface area contributed by atoms with Crippen molar-refractivity contribution in [3.8, 4) is 0 Å². The zero-order chi connectivity index (χ0) is 22.8. The number of carbonyl (C=O) groups is 1. The first-order valence-corrected chi connectivity index (χ1v) is 12.4. The minimum atomic E-state index is -0.582. The summed E-state index contributed by atoms with van der Waals surface area (Å²) in [5.74, 6) is -0.444. The van der Waals surface area contributed by atoms with Crippen LogP contribution in [0.4, 0.5) is 0 Å². The van der Waals surface area contributed by atoms with E-state index in [2.05, 4.69) is 4.99 Å². The molecule has 1 atom stereocenters. The van der Waals surface area contributed by atoms with E-state index in [1.807, 2.05) is 67.8 Å². The topological polar surface area (TPSA) is 60.7 Å². The molecule has 32 heavy (non-hydrogen) atoms. The Bertz CT molecular complexity index is 1360. The molecule has 164 valence electrons. The molecule has 0 saturated heterocycles. The van der Waals surface area contributed by atoms with Gasteiger partial charge in [-0.1, -0.05) is 53.3 Å². The summed E-state index contributed by atoms with van der Waals surface area (Å²) in [4.78, 5) is 32.7. The number of nitrogens with zero attached hydrogens (tertiary/aromatic N) is 2. The number of esters is 1. The van der Waals surface area contributed by atoms with E-state index in [4.69, 9.17) is 4.74 Å². The molecule has 1 aromatic heterocycles. The van der Waals surface area contributed by atoms with Gasteiger partial charge in [-0.15, -0.1) is 11.8 Å². The number of thioether (sulfide) groups is 1. The maximum atomic E-state index is 13.5. The predicted octanol–water partition coefficient (Wildman–Crippen LogP) is 3.83. The van der Waals surface area contributed by atoms with Crippen molar-refractivity contribution in [2.45, 2.75) is 31.7 Å². The molecule has 0 aliphatic carbocycles. The summed E-state index contributed by atoms with van der Waals surface area (Å²) in [6, 6.07) is 15.4. The fourth-order valence-electron chi connectivity index (χ4n) is 3.71. The number of thiazole rings is 1. The number of carbonyl (C=O) groups excluding carboxylic acids is 1. The summed E-state index contributed by atoms with van der Waals surface area (Å²) in [5, 5.41) is 0. The smallest absolute Gasteiger partial charge is 0.338 e. The van der Waals surface area contributed by atoms with Crippen LogP contribution >= 0.6 is 23.1 Å². The number of benzene rings is 2. The van der Waals surface area contributed by atoms with Gasteiger partial charge in [-0.2, -0.15) is 0 Å². The maximum Gasteiger partial charge on any atom is 0.338 e. The van der Waals surface area contributed by atoms with E-state index in [0.717, 1.165) is 21.6 Å². The third-order valence-electron chi connectivity index (χ3n) is 5.32.